The lowest BCUT2D eigenvalue weighted by Crippen LogP contribution is -2.31. The average Bonchev–Trinajstić information content (AvgIpc) is 2.88. The van der Waals surface area contributed by atoms with Gasteiger partial charge in [-0.25, -0.2) is 4.68 Å². The lowest BCUT2D eigenvalue weighted by atomic mass is 10.1. The van der Waals surface area contributed by atoms with E-state index in [-0.39, 0.29) is 5.78 Å². The van der Waals surface area contributed by atoms with Crippen molar-refractivity contribution < 1.29 is 4.79 Å². The van der Waals surface area contributed by atoms with Gasteiger partial charge in [0.15, 0.2) is 5.78 Å². The SMILES string of the molecule is CCCC(N)C(=O)c1cnnn1-c1ccccc1. The van der Waals surface area contributed by atoms with E-state index < -0.39 is 6.04 Å². The van der Waals surface area contributed by atoms with Crippen molar-refractivity contribution in [3.8, 4) is 5.69 Å². The fraction of sp³-hybridized carbons (Fsp3) is 0.308. The summed E-state index contributed by atoms with van der Waals surface area (Å²) in [6.45, 7) is 2.00. The lowest BCUT2D eigenvalue weighted by Gasteiger charge is -2.10. The molecule has 1 aromatic heterocycles. The molecule has 2 aromatic rings. The van der Waals surface area contributed by atoms with E-state index in [9.17, 15) is 4.79 Å². The minimum Gasteiger partial charge on any atom is -0.321 e. The van der Waals surface area contributed by atoms with E-state index in [4.69, 9.17) is 5.73 Å². The van der Waals surface area contributed by atoms with Crippen LogP contribution < -0.4 is 5.73 Å². The van der Waals surface area contributed by atoms with E-state index in [0.29, 0.717) is 12.1 Å². The summed E-state index contributed by atoms with van der Waals surface area (Å²) in [6.07, 6.45) is 3.00. The molecule has 0 aliphatic rings. The second kappa shape index (κ2) is 5.55. The molecule has 18 heavy (non-hydrogen) atoms. The van der Waals surface area contributed by atoms with Crippen LogP contribution in [0.3, 0.4) is 0 Å². The summed E-state index contributed by atoms with van der Waals surface area (Å²) in [7, 11) is 0. The van der Waals surface area contributed by atoms with Crippen LogP contribution in [0.25, 0.3) is 5.69 Å². The Morgan fingerprint density at radius 3 is 2.78 bits per heavy atom. The average molecular weight is 244 g/mol. The van der Waals surface area contributed by atoms with E-state index >= 15 is 0 Å². The van der Waals surface area contributed by atoms with Gasteiger partial charge in [0.25, 0.3) is 0 Å². The highest BCUT2D eigenvalue weighted by molar-refractivity contribution is 5.98. The Morgan fingerprint density at radius 2 is 2.11 bits per heavy atom. The van der Waals surface area contributed by atoms with Crippen LogP contribution in [0.15, 0.2) is 36.5 Å². The van der Waals surface area contributed by atoms with Crippen molar-refractivity contribution in [2.75, 3.05) is 0 Å². The number of hydrogen-bond acceptors (Lipinski definition) is 4. The molecule has 0 fully saturated rings. The molecule has 0 amide bonds. The van der Waals surface area contributed by atoms with E-state index in [0.717, 1.165) is 12.1 Å². The van der Waals surface area contributed by atoms with Crippen LogP contribution in [-0.2, 0) is 0 Å². The molecule has 0 saturated heterocycles. The zero-order valence-electron chi connectivity index (χ0n) is 10.3. The summed E-state index contributed by atoms with van der Waals surface area (Å²) < 4.78 is 1.53. The predicted octanol–water partition coefficient (Wildman–Crippen LogP) is 1.58. The molecular formula is C13H16N4O. The van der Waals surface area contributed by atoms with Gasteiger partial charge in [-0.05, 0) is 18.6 Å². The number of nitrogens with zero attached hydrogens (tertiary/aromatic N) is 3. The Morgan fingerprint density at radius 1 is 1.39 bits per heavy atom. The third-order valence-electron chi connectivity index (χ3n) is 2.74. The number of para-hydroxylation sites is 1. The molecule has 1 atom stereocenters. The largest absolute Gasteiger partial charge is 0.321 e. The highest BCUT2D eigenvalue weighted by Gasteiger charge is 2.20. The number of rotatable bonds is 5. The first-order valence-electron chi connectivity index (χ1n) is 6.00. The summed E-state index contributed by atoms with van der Waals surface area (Å²) in [5, 5.41) is 7.74. The number of nitrogens with two attached hydrogens (primary N) is 1. The van der Waals surface area contributed by atoms with Crippen molar-refractivity contribution in [3.63, 3.8) is 0 Å². The Balaban J connectivity index is 2.31. The van der Waals surface area contributed by atoms with Gasteiger partial charge in [-0.3, -0.25) is 4.79 Å². The summed E-state index contributed by atoms with van der Waals surface area (Å²) in [4.78, 5) is 12.2. The monoisotopic (exact) mass is 244 g/mol. The molecule has 1 unspecified atom stereocenters. The predicted molar refractivity (Wildman–Crippen MR) is 68.6 cm³/mol. The molecule has 0 spiro atoms. The van der Waals surface area contributed by atoms with E-state index in [2.05, 4.69) is 10.3 Å². The van der Waals surface area contributed by atoms with Crippen molar-refractivity contribution >= 4 is 5.78 Å². The molecule has 0 aliphatic carbocycles. The maximum atomic E-state index is 12.2. The van der Waals surface area contributed by atoms with Crippen molar-refractivity contribution in [2.45, 2.75) is 25.8 Å². The standard InChI is InChI=1S/C13H16N4O/c1-2-6-11(14)13(18)12-9-15-16-17(12)10-7-4-3-5-8-10/h3-5,7-9,11H,2,6,14H2,1H3. The Bertz CT molecular complexity index is 521. The first-order chi connectivity index (χ1) is 8.74. The summed E-state index contributed by atoms with van der Waals surface area (Å²) in [5.74, 6) is -0.120. The summed E-state index contributed by atoms with van der Waals surface area (Å²) in [6, 6.07) is 8.93. The lowest BCUT2D eigenvalue weighted by molar-refractivity contribution is 0.0949. The van der Waals surface area contributed by atoms with Crippen molar-refractivity contribution in [1.82, 2.24) is 15.0 Å². The molecular weight excluding hydrogens is 228 g/mol. The van der Waals surface area contributed by atoms with Crippen LogP contribution in [0.2, 0.25) is 0 Å². The Hall–Kier alpha value is -2.01. The fourth-order valence-electron chi connectivity index (χ4n) is 1.79. The molecule has 0 radical (unpaired) electrons. The third-order valence-corrected chi connectivity index (χ3v) is 2.74. The van der Waals surface area contributed by atoms with Gasteiger partial charge >= 0.3 is 0 Å². The van der Waals surface area contributed by atoms with Gasteiger partial charge in [-0.1, -0.05) is 36.8 Å². The molecule has 94 valence electrons. The first kappa shape index (κ1) is 12.4. The smallest absolute Gasteiger partial charge is 0.199 e. The van der Waals surface area contributed by atoms with Gasteiger partial charge in [0.1, 0.15) is 5.69 Å². The van der Waals surface area contributed by atoms with Crippen LogP contribution in [0.5, 0.6) is 0 Å². The second-order valence-electron chi connectivity index (χ2n) is 4.13. The van der Waals surface area contributed by atoms with Crippen molar-refractivity contribution in [3.05, 3.63) is 42.2 Å². The summed E-state index contributed by atoms with van der Waals surface area (Å²) in [5.41, 5.74) is 7.09. The molecule has 2 N–H and O–H groups in total. The van der Waals surface area contributed by atoms with Crippen LogP contribution in [0.4, 0.5) is 0 Å². The number of ketones is 1. The van der Waals surface area contributed by atoms with Crippen LogP contribution >= 0.6 is 0 Å². The maximum absolute atomic E-state index is 12.2. The molecule has 5 heteroatoms. The van der Waals surface area contributed by atoms with Crippen molar-refractivity contribution in [1.29, 1.82) is 0 Å². The number of benzene rings is 1. The normalized spacial score (nSPS) is 12.3. The molecule has 2 rings (SSSR count). The molecule has 5 nitrogen and oxygen atoms in total. The molecule has 0 aliphatic heterocycles. The Kier molecular flexibility index (Phi) is 3.84. The maximum Gasteiger partial charge on any atom is 0.199 e. The van der Waals surface area contributed by atoms with E-state index in [1.165, 1.54) is 10.9 Å². The number of aromatic nitrogens is 3. The highest BCUT2D eigenvalue weighted by atomic mass is 16.1. The zero-order chi connectivity index (χ0) is 13.0. The Labute approximate surface area is 106 Å². The fourth-order valence-corrected chi connectivity index (χ4v) is 1.79. The van der Waals surface area contributed by atoms with E-state index in [1.807, 2.05) is 37.3 Å². The highest BCUT2D eigenvalue weighted by Crippen LogP contribution is 2.11. The summed E-state index contributed by atoms with van der Waals surface area (Å²) >= 11 is 0. The molecule has 0 bridgehead atoms. The molecule has 1 heterocycles. The van der Waals surface area contributed by atoms with Crippen molar-refractivity contribution in [2.24, 2.45) is 5.73 Å². The number of hydrogen-bond donors (Lipinski definition) is 1. The minimum absolute atomic E-state index is 0.120. The minimum atomic E-state index is -0.490. The third kappa shape index (κ3) is 2.46. The number of carbonyl (C=O) groups is 1. The second-order valence-corrected chi connectivity index (χ2v) is 4.13. The van der Waals surface area contributed by atoms with Gasteiger partial charge in [-0.2, -0.15) is 0 Å². The van der Waals surface area contributed by atoms with Crippen LogP contribution in [0.1, 0.15) is 30.3 Å². The van der Waals surface area contributed by atoms with Crippen LogP contribution in [0, 0.1) is 0 Å². The quantitative estimate of drug-likeness (QED) is 0.810. The molecule has 0 saturated carbocycles. The molecule has 1 aromatic carbocycles. The van der Waals surface area contributed by atoms with Crippen LogP contribution in [-0.4, -0.2) is 26.8 Å². The number of Topliss-reactive ketones (excluding diaryl/α,β-unsaturated/α-hetero) is 1. The first-order valence-corrected chi connectivity index (χ1v) is 6.00. The number of carbonyl (C=O) groups excluding carboxylic acids is 1. The topological polar surface area (TPSA) is 73.8 Å². The van der Waals surface area contributed by atoms with Gasteiger partial charge in [-0.15, -0.1) is 5.10 Å². The van der Waals surface area contributed by atoms with Gasteiger partial charge in [0, 0.05) is 0 Å². The van der Waals surface area contributed by atoms with E-state index in [1.54, 1.807) is 0 Å². The zero-order valence-corrected chi connectivity index (χ0v) is 10.3. The van der Waals surface area contributed by atoms with Gasteiger partial charge < -0.3 is 5.73 Å². The van der Waals surface area contributed by atoms with Gasteiger partial charge in [0.2, 0.25) is 0 Å². The van der Waals surface area contributed by atoms with Gasteiger partial charge in [0.05, 0.1) is 17.9 Å².